The van der Waals surface area contributed by atoms with Crippen LogP contribution in [-0.4, -0.2) is 87.0 Å². The highest BCUT2D eigenvalue weighted by molar-refractivity contribution is 14.0. The van der Waals surface area contributed by atoms with Crippen molar-refractivity contribution in [1.82, 2.24) is 25.8 Å². The fourth-order valence-electron chi connectivity index (χ4n) is 3.69. The molecule has 1 heterocycles. The summed E-state index contributed by atoms with van der Waals surface area (Å²) in [6, 6.07) is 8.11. The molecule has 0 spiro atoms. The van der Waals surface area contributed by atoms with Gasteiger partial charge in [-0.05, 0) is 50.3 Å². The van der Waals surface area contributed by atoms with Crippen molar-refractivity contribution in [2.75, 3.05) is 53.4 Å². The van der Waals surface area contributed by atoms with Gasteiger partial charge in [0.15, 0.2) is 5.96 Å². The predicted molar refractivity (Wildman–Crippen MR) is 145 cm³/mol. The van der Waals surface area contributed by atoms with E-state index in [2.05, 4.69) is 34.7 Å². The molecule has 8 nitrogen and oxygen atoms in total. The molecule has 0 atom stereocenters. The lowest BCUT2D eigenvalue weighted by Gasteiger charge is -2.32. The van der Waals surface area contributed by atoms with E-state index in [-0.39, 0.29) is 35.8 Å². The molecular formula is C24H41IN6O2. The first-order valence-electron chi connectivity index (χ1n) is 11.8. The summed E-state index contributed by atoms with van der Waals surface area (Å²) in [5.74, 6) is 0.955. The van der Waals surface area contributed by atoms with Crippen molar-refractivity contribution in [3.63, 3.8) is 0 Å². The molecule has 1 aliphatic rings. The van der Waals surface area contributed by atoms with Crippen LogP contribution < -0.4 is 16.0 Å². The normalized spacial score (nSPS) is 14.8. The maximum Gasteiger partial charge on any atom is 0.253 e. The minimum absolute atomic E-state index is 0. The fourth-order valence-corrected chi connectivity index (χ4v) is 3.69. The van der Waals surface area contributed by atoms with E-state index in [1.807, 2.05) is 24.3 Å². The van der Waals surface area contributed by atoms with E-state index in [1.54, 1.807) is 19.0 Å². The number of carbonyl (C=O) groups excluding carboxylic acids is 2. The van der Waals surface area contributed by atoms with Crippen LogP contribution >= 0.6 is 24.0 Å². The van der Waals surface area contributed by atoms with Crippen LogP contribution in [0.2, 0.25) is 0 Å². The maximum atomic E-state index is 12.2. The summed E-state index contributed by atoms with van der Waals surface area (Å²) in [5, 5.41) is 9.82. The zero-order valence-corrected chi connectivity index (χ0v) is 22.9. The standard InChI is InChI=1S/C24H40N6O2.HI/c1-5-13-26-22(31)18-30-15-11-21(12-16-30)28-24(25-6-2)27-14-10-19-8-7-9-20(17-19)23(32)29(3)4;/h7-9,17,21H,5-6,10-16,18H2,1-4H3,(H,26,31)(H2,25,27,28);1H. The summed E-state index contributed by atoms with van der Waals surface area (Å²) in [5.41, 5.74) is 1.81. The summed E-state index contributed by atoms with van der Waals surface area (Å²) < 4.78 is 0. The number of carbonyl (C=O) groups is 2. The zero-order valence-electron chi connectivity index (χ0n) is 20.5. The van der Waals surface area contributed by atoms with Crippen LogP contribution in [0.3, 0.4) is 0 Å². The van der Waals surface area contributed by atoms with Gasteiger partial charge >= 0.3 is 0 Å². The monoisotopic (exact) mass is 572 g/mol. The molecule has 186 valence electrons. The molecule has 2 amide bonds. The second kappa shape index (κ2) is 15.9. The maximum absolute atomic E-state index is 12.2. The Bertz CT molecular complexity index is 763. The largest absolute Gasteiger partial charge is 0.357 e. The first kappa shape index (κ1) is 29.2. The molecule has 9 heteroatoms. The Balaban J connectivity index is 0.00000544. The van der Waals surface area contributed by atoms with Gasteiger partial charge in [-0.3, -0.25) is 19.5 Å². The van der Waals surface area contributed by atoms with E-state index in [4.69, 9.17) is 4.99 Å². The van der Waals surface area contributed by atoms with Crippen LogP contribution in [0.25, 0.3) is 0 Å². The molecule has 0 aliphatic carbocycles. The summed E-state index contributed by atoms with van der Waals surface area (Å²) in [6.45, 7) is 8.61. The van der Waals surface area contributed by atoms with Crippen LogP contribution in [0.1, 0.15) is 49.0 Å². The summed E-state index contributed by atoms with van der Waals surface area (Å²) in [4.78, 5) is 32.6. The van der Waals surface area contributed by atoms with Gasteiger partial charge in [-0.25, -0.2) is 0 Å². The van der Waals surface area contributed by atoms with Gasteiger partial charge in [0.05, 0.1) is 6.54 Å². The number of amides is 2. The van der Waals surface area contributed by atoms with Crippen LogP contribution in [0.5, 0.6) is 0 Å². The van der Waals surface area contributed by atoms with Gasteiger partial charge in [-0.2, -0.15) is 0 Å². The van der Waals surface area contributed by atoms with E-state index >= 15 is 0 Å². The average molecular weight is 573 g/mol. The van der Waals surface area contributed by atoms with E-state index in [0.717, 1.165) is 63.4 Å². The van der Waals surface area contributed by atoms with E-state index < -0.39 is 0 Å². The third-order valence-electron chi connectivity index (χ3n) is 5.46. The number of aliphatic imine (C=N–C) groups is 1. The van der Waals surface area contributed by atoms with Gasteiger partial charge in [-0.1, -0.05) is 19.1 Å². The fraction of sp³-hybridized carbons (Fsp3) is 0.625. The Morgan fingerprint density at radius 2 is 1.88 bits per heavy atom. The number of hydrogen-bond acceptors (Lipinski definition) is 4. The van der Waals surface area contributed by atoms with Gasteiger partial charge in [0.2, 0.25) is 5.91 Å². The van der Waals surface area contributed by atoms with Crippen molar-refractivity contribution in [2.45, 2.75) is 45.6 Å². The Hall–Kier alpha value is -1.88. The molecule has 0 radical (unpaired) electrons. The summed E-state index contributed by atoms with van der Waals surface area (Å²) >= 11 is 0. The summed E-state index contributed by atoms with van der Waals surface area (Å²) in [7, 11) is 3.53. The molecule has 1 fully saturated rings. The molecule has 1 aromatic rings. The number of hydrogen-bond donors (Lipinski definition) is 3. The molecule has 1 saturated heterocycles. The molecule has 1 aliphatic heterocycles. The second-order valence-electron chi connectivity index (χ2n) is 8.46. The van der Waals surface area contributed by atoms with Gasteiger partial charge < -0.3 is 20.9 Å². The number of rotatable bonds is 10. The second-order valence-corrected chi connectivity index (χ2v) is 8.46. The first-order chi connectivity index (χ1) is 15.4. The lowest BCUT2D eigenvalue weighted by atomic mass is 10.1. The zero-order chi connectivity index (χ0) is 23.3. The van der Waals surface area contributed by atoms with Crippen molar-refractivity contribution in [1.29, 1.82) is 0 Å². The molecule has 33 heavy (non-hydrogen) atoms. The van der Waals surface area contributed by atoms with Crippen LogP contribution in [-0.2, 0) is 11.2 Å². The number of halogens is 1. The topological polar surface area (TPSA) is 89.1 Å². The van der Waals surface area contributed by atoms with Crippen molar-refractivity contribution in [3.05, 3.63) is 35.4 Å². The predicted octanol–water partition coefficient (Wildman–Crippen LogP) is 2.09. The smallest absolute Gasteiger partial charge is 0.253 e. The van der Waals surface area contributed by atoms with Gasteiger partial charge in [-0.15, -0.1) is 24.0 Å². The minimum atomic E-state index is 0. The quantitative estimate of drug-likeness (QED) is 0.227. The number of nitrogens with zero attached hydrogens (tertiary/aromatic N) is 3. The highest BCUT2D eigenvalue weighted by atomic mass is 127. The molecule has 2 rings (SSSR count). The highest BCUT2D eigenvalue weighted by Gasteiger charge is 2.21. The van der Waals surface area contributed by atoms with Crippen LogP contribution in [0.4, 0.5) is 0 Å². The Morgan fingerprint density at radius 3 is 2.52 bits per heavy atom. The van der Waals surface area contributed by atoms with E-state index in [0.29, 0.717) is 24.7 Å². The van der Waals surface area contributed by atoms with Gasteiger partial charge in [0, 0.05) is 58.4 Å². The third kappa shape index (κ3) is 10.7. The minimum Gasteiger partial charge on any atom is -0.357 e. The van der Waals surface area contributed by atoms with Crippen molar-refractivity contribution in [3.8, 4) is 0 Å². The van der Waals surface area contributed by atoms with Crippen LogP contribution in [0.15, 0.2) is 29.3 Å². The SMILES string of the molecule is CCCNC(=O)CN1CCC(NC(=NCCc2cccc(C(=O)N(C)C)c2)NCC)CC1.I. The highest BCUT2D eigenvalue weighted by Crippen LogP contribution is 2.11. The van der Waals surface area contributed by atoms with Crippen molar-refractivity contribution >= 4 is 41.8 Å². The van der Waals surface area contributed by atoms with Crippen molar-refractivity contribution in [2.24, 2.45) is 4.99 Å². The van der Waals surface area contributed by atoms with Crippen LogP contribution in [0, 0.1) is 0 Å². The number of piperidine rings is 1. The molecule has 0 saturated carbocycles. The number of likely N-dealkylation sites (tertiary alicyclic amines) is 1. The third-order valence-corrected chi connectivity index (χ3v) is 5.46. The van der Waals surface area contributed by atoms with Gasteiger partial charge in [0.1, 0.15) is 0 Å². The molecule has 0 unspecified atom stereocenters. The Labute approximate surface area is 216 Å². The number of guanidine groups is 1. The Morgan fingerprint density at radius 1 is 1.15 bits per heavy atom. The molecular weight excluding hydrogens is 531 g/mol. The summed E-state index contributed by atoms with van der Waals surface area (Å²) in [6.07, 6.45) is 3.71. The molecule has 1 aromatic carbocycles. The van der Waals surface area contributed by atoms with Crippen molar-refractivity contribution < 1.29 is 9.59 Å². The molecule has 0 aromatic heterocycles. The number of nitrogens with one attached hydrogen (secondary N) is 3. The van der Waals surface area contributed by atoms with E-state index in [1.165, 1.54) is 0 Å². The molecule has 3 N–H and O–H groups in total. The lowest BCUT2D eigenvalue weighted by Crippen LogP contribution is -2.50. The van der Waals surface area contributed by atoms with Gasteiger partial charge in [0.25, 0.3) is 5.91 Å². The Kier molecular flexibility index (Phi) is 14.0. The average Bonchev–Trinajstić information content (AvgIpc) is 2.78. The molecule has 0 bridgehead atoms. The first-order valence-corrected chi connectivity index (χ1v) is 11.8. The number of benzene rings is 1. The van der Waals surface area contributed by atoms with E-state index in [9.17, 15) is 9.59 Å². The lowest BCUT2D eigenvalue weighted by molar-refractivity contribution is -0.122.